The Labute approximate surface area is 156 Å². The van der Waals surface area contributed by atoms with Gasteiger partial charge < -0.3 is 34.3 Å². The van der Waals surface area contributed by atoms with Crippen molar-refractivity contribution in [1.29, 1.82) is 0 Å². The van der Waals surface area contributed by atoms with E-state index in [0.717, 1.165) is 5.56 Å². The first-order valence-corrected chi connectivity index (χ1v) is 8.67. The fourth-order valence-electron chi connectivity index (χ4n) is 4.00. The number of aromatic hydroxyl groups is 2. The summed E-state index contributed by atoms with van der Waals surface area (Å²) in [5, 5.41) is 31.0. The largest absolute Gasteiger partial charge is 0.504 e. The Morgan fingerprint density at radius 2 is 1.52 bits per heavy atom. The zero-order chi connectivity index (χ0) is 19.2. The van der Waals surface area contributed by atoms with Crippen LogP contribution in [0.1, 0.15) is 23.3 Å². The van der Waals surface area contributed by atoms with Gasteiger partial charge in [0.25, 0.3) is 0 Å². The van der Waals surface area contributed by atoms with Crippen molar-refractivity contribution in [3.63, 3.8) is 0 Å². The minimum Gasteiger partial charge on any atom is -0.504 e. The van der Waals surface area contributed by atoms with Crippen LogP contribution >= 0.6 is 0 Å². The van der Waals surface area contributed by atoms with Crippen LogP contribution in [0.25, 0.3) is 0 Å². The van der Waals surface area contributed by atoms with Gasteiger partial charge in [-0.1, -0.05) is 12.1 Å². The molecule has 2 aliphatic rings. The molecule has 27 heavy (non-hydrogen) atoms. The van der Waals surface area contributed by atoms with Crippen LogP contribution in [0.4, 0.5) is 0 Å². The summed E-state index contributed by atoms with van der Waals surface area (Å²) in [5.74, 6) is 0.467. The molecule has 0 aliphatic carbocycles. The molecular weight excluding hydrogens is 352 g/mol. The SMILES string of the molecule is COc1cc([C@H]2OC[C@@]3(O)[C@@H](c4ccc(O)c(OC)c4)OC[C@@H]23)ccc1O. The van der Waals surface area contributed by atoms with Gasteiger partial charge in [-0.15, -0.1) is 0 Å². The molecule has 2 fully saturated rings. The third-order valence-electron chi connectivity index (χ3n) is 5.44. The number of hydrogen-bond donors (Lipinski definition) is 3. The fraction of sp³-hybridized carbons (Fsp3) is 0.400. The van der Waals surface area contributed by atoms with E-state index in [1.165, 1.54) is 20.3 Å². The quantitative estimate of drug-likeness (QED) is 0.755. The normalized spacial score (nSPS) is 29.5. The van der Waals surface area contributed by atoms with Crippen molar-refractivity contribution in [3.8, 4) is 23.0 Å². The second kappa shape index (κ2) is 6.60. The Bertz CT molecular complexity index is 852. The van der Waals surface area contributed by atoms with E-state index < -0.39 is 11.7 Å². The van der Waals surface area contributed by atoms with Crippen LogP contribution in [0.2, 0.25) is 0 Å². The third kappa shape index (κ3) is 2.79. The molecule has 2 aromatic rings. The number of benzene rings is 2. The van der Waals surface area contributed by atoms with Crippen LogP contribution in [0.15, 0.2) is 36.4 Å². The molecule has 2 aromatic carbocycles. The molecule has 2 aliphatic heterocycles. The lowest BCUT2D eigenvalue weighted by atomic mass is 9.81. The average Bonchev–Trinajstić information content (AvgIpc) is 3.17. The lowest BCUT2D eigenvalue weighted by Gasteiger charge is -2.27. The maximum absolute atomic E-state index is 11.4. The van der Waals surface area contributed by atoms with Crippen molar-refractivity contribution in [3.05, 3.63) is 47.5 Å². The molecule has 4 atom stereocenters. The average molecular weight is 374 g/mol. The summed E-state index contributed by atoms with van der Waals surface area (Å²) in [5.41, 5.74) is 0.304. The fourth-order valence-corrected chi connectivity index (χ4v) is 4.00. The van der Waals surface area contributed by atoms with Crippen molar-refractivity contribution in [1.82, 2.24) is 0 Å². The predicted octanol–water partition coefficient (Wildman–Crippen LogP) is 2.31. The van der Waals surface area contributed by atoms with E-state index in [1.807, 2.05) is 0 Å². The van der Waals surface area contributed by atoms with E-state index in [1.54, 1.807) is 30.3 Å². The Morgan fingerprint density at radius 3 is 2.15 bits per heavy atom. The molecule has 2 heterocycles. The van der Waals surface area contributed by atoms with Crippen molar-refractivity contribution >= 4 is 0 Å². The molecule has 4 rings (SSSR count). The van der Waals surface area contributed by atoms with E-state index >= 15 is 0 Å². The number of phenolic OH excluding ortho intramolecular Hbond substituents is 2. The Hall–Kier alpha value is -2.48. The van der Waals surface area contributed by atoms with E-state index in [-0.39, 0.29) is 30.1 Å². The van der Waals surface area contributed by atoms with Crippen LogP contribution in [0, 0.1) is 5.92 Å². The second-order valence-electron chi connectivity index (χ2n) is 6.91. The van der Waals surface area contributed by atoms with Crippen LogP contribution in [0.3, 0.4) is 0 Å². The molecule has 0 spiro atoms. The van der Waals surface area contributed by atoms with E-state index in [2.05, 4.69) is 0 Å². The summed E-state index contributed by atoms with van der Waals surface area (Å²) in [6.45, 7) is 0.428. The number of methoxy groups -OCH3 is 2. The molecule has 0 unspecified atom stereocenters. The predicted molar refractivity (Wildman–Crippen MR) is 95.1 cm³/mol. The van der Waals surface area contributed by atoms with Crippen LogP contribution in [0.5, 0.6) is 23.0 Å². The molecule has 3 N–H and O–H groups in total. The number of fused-ring (bicyclic) bond motifs is 1. The number of ether oxygens (including phenoxy) is 4. The standard InChI is InChI=1S/C20H22O7/c1-24-16-7-11(3-5-14(16)21)18-13-9-26-19(20(13,23)10-27-18)12-4-6-15(22)17(8-12)25-2/h3-8,13,18-19,21-23H,9-10H2,1-2H3/t13-,18+,19+,20-/m0/s1. The molecule has 0 bridgehead atoms. The summed E-state index contributed by atoms with van der Waals surface area (Å²) in [6, 6.07) is 9.91. The third-order valence-corrected chi connectivity index (χ3v) is 5.44. The van der Waals surface area contributed by atoms with Gasteiger partial charge in [0.2, 0.25) is 0 Å². The van der Waals surface area contributed by atoms with Crippen molar-refractivity contribution < 1.29 is 34.3 Å². The van der Waals surface area contributed by atoms with E-state index in [9.17, 15) is 15.3 Å². The number of phenols is 2. The monoisotopic (exact) mass is 374 g/mol. The molecule has 0 saturated carbocycles. The first kappa shape index (κ1) is 17.9. The molecule has 0 aromatic heterocycles. The van der Waals surface area contributed by atoms with Crippen LogP contribution < -0.4 is 9.47 Å². The minimum absolute atomic E-state index is 0.0273. The lowest BCUT2D eigenvalue weighted by molar-refractivity contribution is -0.0628. The van der Waals surface area contributed by atoms with E-state index in [0.29, 0.717) is 23.7 Å². The van der Waals surface area contributed by atoms with Gasteiger partial charge in [-0.25, -0.2) is 0 Å². The van der Waals surface area contributed by atoms with Gasteiger partial charge in [0, 0.05) is 5.92 Å². The lowest BCUT2D eigenvalue weighted by Crippen LogP contribution is -2.39. The number of hydrogen-bond acceptors (Lipinski definition) is 7. The first-order chi connectivity index (χ1) is 13.0. The Kier molecular flexibility index (Phi) is 4.38. The Morgan fingerprint density at radius 1 is 0.926 bits per heavy atom. The van der Waals surface area contributed by atoms with Crippen molar-refractivity contribution in [2.24, 2.45) is 5.92 Å². The highest BCUT2D eigenvalue weighted by atomic mass is 16.6. The summed E-state index contributed by atoms with van der Waals surface area (Å²) < 4.78 is 22.2. The molecule has 0 radical (unpaired) electrons. The smallest absolute Gasteiger partial charge is 0.160 e. The van der Waals surface area contributed by atoms with Gasteiger partial charge in [0.1, 0.15) is 11.7 Å². The highest BCUT2D eigenvalue weighted by Crippen LogP contribution is 2.54. The number of aliphatic hydroxyl groups is 1. The highest BCUT2D eigenvalue weighted by molar-refractivity contribution is 5.45. The summed E-state index contributed by atoms with van der Waals surface area (Å²) >= 11 is 0. The van der Waals surface area contributed by atoms with Gasteiger partial charge in [-0.05, 0) is 35.4 Å². The Balaban J connectivity index is 1.64. The zero-order valence-electron chi connectivity index (χ0n) is 15.1. The van der Waals surface area contributed by atoms with Gasteiger partial charge in [-0.3, -0.25) is 0 Å². The molecule has 0 amide bonds. The van der Waals surface area contributed by atoms with Crippen LogP contribution in [-0.2, 0) is 9.47 Å². The summed E-state index contributed by atoms with van der Waals surface area (Å²) in [7, 11) is 2.95. The molecule has 7 heteroatoms. The maximum Gasteiger partial charge on any atom is 0.160 e. The molecule has 144 valence electrons. The molecule has 7 nitrogen and oxygen atoms in total. The van der Waals surface area contributed by atoms with Crippen molar-refractivity contribution in [2.45, 2.75) is 17.8 Å². The highest BCUT2D eigenvalue weighted by Gasteiger charge is 2.59. The maximum atomic E-state index is 11.4. The van der Waals surface area contributed by atoms with Crippen molar-refractivity contribution in [2.75, 3.05) is 27.4 Å². The molecular formula is C20H22O7. The van der Waals surface area contributed by atoms with Gasteiger partial charge in [-0.2, -0.15) is 0 Å². The first-order valence-electron chi connectivity index (χ1n) is 8.67. The van der Waals surface area contributed by atoms with E-state index in [4.69, 9.17) is 18.9 Å². The summed E-state index contributed by atoms with van der Waals surface area (Å²) in [4.78, 5) is 0. The van der Waals surface area contributed by atoms with Crippen LogP contribution in [-0.4, -0.2) is 48.4 Å². The van der Waals surface area contributed by atoms with Gasteiger partial charge in [0.15, 0.2) is 23.0 Å². The zero-order valence-corrected chi connectivity index (χ0v) is 15.1. The van der Waals surface area contributed by atoms with Gasteiger partial charge in [0.05, 0.1) is 33.5 Å². The topological polar surface area (TPSA) is 97.6 Å². The summed E-state index contributed by atoms with van der Waals surface area (Å²) in [6.07, 6.45) is -0.977. The molecule has 2 saturated heterocycles. The van der Waals surface area contributed by atoms with Gasteiger partial charge >= 0.3 is 0 Å². The minimum atomic E-state index is -1.21. The number of rotatable bonds is 4. The second-order valence-corrected chi connectivity index (χ2v) is 6.91.